The van der Waals surface area contributed by atoms with Crippen molar-refractivity contribution in [1.29, 1.82) is 0 Å². The predicted octanol–water partition coefficient (Wildman–Crippen LogP) is 2.26. The monoisotopic (exact) mass is 241 g/mol. The summed E-state index contributed by atoms with van der Waals surface area (Å²) in [5.74, 6) is 0.784. The minimum absolute atomic E-state index is 0.197. The van der Waals surface area contributed by atoms with E-state index in [-0.39, 0.29) is 11.8 Å². The molecule has 0 bridgehead atoms. The van der Waals surface area contributed by atoms with Gasteiger partial charge in [-0.25, -0.2) is 0 Å². The van der Waals surface area contributed by atoms with E-state index in [1.165, 1.54) is 12.8 Å². The van der Waals surface area contributed by atoms with Crippen LogP contribution in [0.2, 0.25) is 0 Å². The molecule has 0 aliphatic heterocycles. The van der Waals surface area contributed by atoms with E-state index >= 15 is 0 Å². The van der Waals surface area contributed by atoms with Crippen molar-refractivity contribution in [2.24, 2.45) is 17.1 Å². The van der Waals surface area contributed by atoms with Crippen LogP contribution in [0.4, 0.5) is 0 Å². The molecule has 0 amide bonds. The number of aliphatic hydroxyl groups is 1. The molecule has 0 spiro atoms. The first-order valence-electron chi connectivity index (χ1n) is 6.87. The minimum atomic E-state index is -0.944. The van der Waals surface area contributed by atoms with Crippen molar-refractivity contribution < 1.29 is 9.90 Å². The van der Waals surface area contributed by atoms with Crippen LogP contribution in [0.25, 0.3) is 0 Å². The summed E-state index contributed by atoms with van der Waals surface area (Å²) in [6, 6.07) is 0. The van der Waals surface area contributed by atoms with Crippen LogP contribution >= 0.6 is 0 Å². The molecule has 0 saturated heterocycles. The van der Waals surface area contributed by atoms with Gasteiger partial charge < -0.3 is 15.6 Å². The van der Waals surface area contributed by atoms with Gasteiger partial charge in [0.2, 0.25) is 0 Å². The second-order valence-electron chi connectivity index (χ2n) is 5.86. The Balaban J connectivity index is 2.69. The molecule has 1 rings (SSSR count). The van der Waals surface area contributed by atoms with Gasteiger partial charge in [0.25, 0.3) is 0 Å². The van der Waals surface area contributed by atoms with Gasteiger partial charge in [-0.2, -0.15) is 0 Å². The van der Waals surface area contributed by atoms with E-state index in [1.807, 2.05) is 0 Å². The molecule has 100 valence electrons. The first kappa shape index (κ1) is 14.7. The molecular weight excluding hydrogens is 214 g/mol. The Bertz CT molecular complexity index is 243. The summed E-state index contributed by atoms with van der Waals surface area (Å²) in [6.07, 6.45) is 7.70. The lowest BCUT2D eigenvalue weighted by atomic mass is 9.60. The van der Waals surface area contributed by atoms with Crippen LogP contribution in [-0.2, 0) is 4.79 Å². The first-order valence-corrected chi connectivity index (χ1v) is 6.87. The number of carbonyl (C=O) groups is 1. The van der Waals surface area contributed by atoms with Gasteiger partial charge in [0.15, 0.2) is 0 Å². The predicted molar refractivity (Wildman–Crippen MR) is 69.7 cm³/mol. The summed E-state index contributed by atoms with van der Waals surface area (Å²) >= 11 is 0. The van der Waals surface area contributed by atoms with Gasteiger partial charge in [-0.1, -0.05) is 19.8 Å². The Morgan fingerprint density at radius 2 is 2.06 bits per heavy atom. The number of hydrogen-bond donors (Lipinski definition) is 2. The van der Waals surface area contributed by atoms with Gasteiger partial charge >= 0.3 is 0 Å². The molecule has 0 heterocycles. The zero-order valence-electron chi connectivity index (χ0n) is 11.2. The number of hydrogen-bond acceptors (Lipinski definition) is 3. The van der Waals surface area contributed by atoms with E-state index in [4.69, 9.17) is 5.73 Å². The third kappa shape index (κ3) is 3.08. The fourth-order valence-corrected chi connectivity index (χ4v) is 3.27. The topological polar surface area (TPSA) is 63.3 Å². The molecule has 1 saturated carbocycles. The molecule has 3 N–H and O–H groups in total. The van der Waals surface area contributed by atoms with Crippen LogP contribution < -0.4 is 5.73 Å². The fraction of sp³-hybridized carbons (Fsp3) is 0.929. The first-order chi connectivity index (χ1) is 8.01. The molecule has 0 aromatic carbocycles. The van der Waals surface area contributed by atoms with Crippen molar-refractivity contribution in [2.75, 3.05) is 6.54 Å². The van der Waals surface area contributed by atoms with Crippen LogP contribution in [0.15, 0.2) is 0 Å². The largest absolute Gasteiger partial charge is 0.389 e. The molecule has 0 aromatic rings. The average molecular weight is 241 g/mol. The quantitative estimate of drug-likeness (QED) is 0.701. The smallest absolute Gasteiger partial charge is 0.122 e. The highest BCUT2D eigenvalue weighted by atomic mass is 16.3. The van der Waals surface area contributed by atoms with Crippen LogP contribution in [0.3, 0.4) is 0 Å². The summed E-state index contributed by atoms with van der Waals surface area (Å²) in [5.41, 5.74) is 4.70. The molecule has 0 aromatic heterocycles. The van der Waals surface area contributed by atoms with Gasteiger partial charge in [-0.3, -0.25) is 0 Å². The van der Waals surface area contributed by atoms with Crippen molar-refractivity contribution in [2.45, 2.75) is 64.4 Å². The van der Waals surface area contributed by atoms with Gasteiger partial charge in [0.1, 0.15) is 6.29 Å². The zero-order chi connectivity index (χ0) is 12.9. The number of carbonyl (C=O) groups excluding carboxylic acids is 1. The maximum atomic E-state index is 10.7. The highest BCUT2D eigenvalue weighted by Gasteiger charge is 2.47. The highest BCUT2D eigenvalue weighted by molar-refractivity contribution is 5.51. The Kier molecular flexibility index (Phi) is 5.14. The molecule has 1 unspecified atom stereocenters. The number of aldehydes is 1. The zero-order valence-corrected chi connectivity index (χ0v) is 11.2. The van der Waals surface area contributed by atoms with Crippen molar-refractivity contribution >= 4 is 6.29 Å². The van der Waals surface area contributed by atoms with Crippen molar-refractivity contribution in [3.63, 3.8) is 0 Å². The second kappa shape index (κ2) is 5.96. The Morgan fingerprint density at radius 3 is 2.47 bits per heavy atom. The van der Waals surface area contributed by atoms with Crippen LogP contribution in [0.1, 0.15) is 58.8 Å². The molecule has 3 heteroatoms. The molecule has 17 heavy (non-hydrogen) atoms. The SMILES string of the molecule is CCCC1CCC(CN)(C(C)(O)CC=O)CC1. The Morgan fingerprint density at radius 1 is 1.47 bits per heavy atom. The van der Waals surface area contributed by atoms with E-state index < -0.39 is 5.60 Å². The van der Waals surface area contributed by atoms with Gasteiger partial charge in [0, 0.05) is 18.4 Å². The van der Waals surface area contributed by atoms with Crippen molar-refractivity contribution in [1.82, 2.24) is 0 Å². The maximum absolute atomic E-state index is 10.7. The van der Waals surface area contributed by atoms with Gasteiger partial charge in [-0.05, 0) is 38.5 Å². The maximum Gasteiger partial charge on any atom is 0.122 e. The lowest BCUT2D eigenvalue weighted by Crippen LogP contribution is -2.52. The fourth-order valence-electron chi connectivity index (χ4n) is 3.27. The normalized spacial score (nSPS) is 33.1. The van der Waals surface area contributed by atoms with Crippen molar-refractivity contribution in [3.05, 3.63) is 0 Å². The second-order valence-corrected chi connectivity index (χ2v) is 5.86. The summed E-state index contributed by atoms with van der Waals surface area (Å²) in [6.45, 7) is 4.47. The molecule has 0 radical (unpaired) electrons. The van der Waals surface area contributed by atoms with E-state index in [9.17, 15) is 9.90 Å². The molecule has 3 nitrogen and oxygen atoms in total. The molecular formula is C14H27NO2. The molecule has 1 fully saturated rings. The van der Waals surface area contributed by atoms with Gasteiger partial charge in [-0.15, -0.1) is 0 Å². The minimum Gasteiger partial charge on any atom is -0.389 e. The number of rotatable bonds is 6. The molecule has 1 atom stereocenters. The van der Waals surface area contributed by atoms with E-state index in [0.717, 1.165) is 37.9 Å². The summed E-state index contributed by atoms with van der Waals surface area (Å²) in [4.78, 5) is 10.7. The van der Waals surface area contributed by atoms with E-state index in [2.05, 4.69) is 6.92 Å². The molecule has 1 aliphatic carbocycles. The Labute approximate surface area is 105 Å². The Hall–Kier alpha value is -0.410. The lowest BCUT2D eigenvalue weighted by molar-refractivity contribution is -0.125. The average Bonchev–Trinajstić information content (AvgIpc) is 2.30. The summed E-state index contributed by atoms with van der Waals surface area (Å²) in [7, 11) is 0. The van der Waals surface area contributed by atoms with Gasteiger partial charge in [0.05, 0.1) is 5.60 Å². The van der Waals surface area contributed by atoms with Crippen molar-refractivity contribution in [3.8, 4) is 0 Å². The van der Waals surface area contributed by atoms with Crippen LogP contribution in [0.5, 0.6) is 0 Å². The molecule has 1 aliphatic rings. The number of nitrogens with two attached hydrogens (primary N) is 1. The standard InChI is InChI=1S/C14H27NO2/c1-3-4-12-5-7-14(11-15,8-6-12)13(2,17)9-10-16/h10,12,17H,3-9,11,15H2,1-2H3. The highest BCUT2D eigenvalue weighted by Crippen LogP contribution is 2.47. The third-order valence-corrected chi connectivity index (χ3v) is 4.77. The van der Waals surface area contributed by atoms with Crippen LogP contribution in [-0.4, -0.2) is 23.5 Å². The lowest BCUT2D eigenvalue weighted by Gasteiger charge is -2.48. The summed E-state index contributed by atoms with van der Waals surface area (Å²) in [5, 5.41) is 10.5. The van der Waals surface area contributed by atoms with E-state index in [0.29, 0.717) is 6.54 Å². The van der Waals surface area contributed by atoms with Crippen LogP contribution in [0, 0.1) is 11.3 Å². The third-order valence-electron chi connectivity index (χ3n) is 4.77. The summed E-state index contributed by atoms with van der Waals surface area (Å²) < 4.78 is 0. The van der Waals surface area contributed by atoms with E-state index in [1.54, 1.807) is 6.92 Å².